The molecule has 0 saturated carbocycles. The molecule has 1 atom stereocenters. The molecule has 0 aromatic heterocycles. The molecule has 34 heavy (non-hydrogen) atoms. The normalized spacial score (nSPS) is 17.1. The summed E-state index contributed by atoms with van der Waals surface area (Å²) < 4.78 is 4.71. The van der Waals surface area contributed by atoms with Crippen LogP contribution >= 0.6 is 0 Å². The third-order valence-electron chi connectivity index (χ3n) is 5.78. The first-order valence-corrected chi connectivity index (χ1v) is 10.6. The monoisotopic (exact) mass is 457 g/mol. The van der Waals surface area contributed by atoms with Crippen molar-refractivity contribution in [1.29, 1.82) is 0 Å². The maximum Gasteiger partial charge on any atom is 0.337 e. The summed E-state index contributed by atoms with van der Waals surface area (Å²) in [5.41, 5.74) is 2.87. The van der Waals surface area contributed by atoms with Gasteiger partial charge in [-0.2, -0.15) is 0 Å². The van der Waals surface area contributed by atoms with Gasteiger partial charge < -0.3 is 19.8 Å². The van der Waals surface area contributed by atoms with Gasteiger partial charge in [-0.25, -0.2) is 4.79 Å². The summed E-state index contributed by atoms with van der Waals surface area (Å²) in [5, 5.41) is 21.1. The van der Waals surface area contributed by atoms with Crippen LogP contribution < -0.4 is 0 Å². The molecule has 7 nitrogen and oxygen atoms in total. The predicted octanol–water partition coefficient (Wildman–Crippen LogP) is 4.11. The molecule has 1 fully saturated rings. The van der Waals surface area contributed by atoms with E-state index in [1.54, 1.807) is 60.7 Å². The van der Waals surface area contributed by atoms with E-state index in [1.165, 1.54) is 24.1 Å². The number of aliphatic hydroxyl groups excluding tert-OH is 1. The van der Waals surface area contributed by atoms with Gasteiger partial charge >= 0.3 is 5.97 Å². The number of ether oxygens (including phenoxy) is 1. The molecule has 1 aliphatic rings. The number of aliphatic hydroxyl groups is 1. The lowest BCUT2D eigenvalue weighted by Crippen LogP contribution is -2.29. The second-order valence-electron chi connectivity index (χ2n) is 8.08. The van der Waals surface area contributed by atoms with E-state index in [0.29, 0.717) is 22.3 Å². The molecule has 2 N–H and O–H groups in total. The van der Waals surface area contributed by atoms with E-state index in [2.05, 4.69) is 0 Å². The summed E-state index contributed by atoms with van der Waals surface area (Å²) in [6.45, 7) is 1.96. The summed E-state index contributed by atoms with van der Waals surface area (Å²) in [4.78, 5) is 39.3. The number of carbonyl (C=O) groups excluding carboxylic acids is 3. The number of phenolic OH excluding ortho intramolecular Hbond substituents is 1. The summed E-state index contributed by atoms with van der Waals surface area (Å²) in [7, 11) is 1.29. The number of Topliss-reactive ketones (excluding diaryl/α,β-unsaturated/α-hetero) is 1. The van der Waals surface area contributed by atoms with Gasteiger partial charge in [-0.3, -0.25) is 9.59 Å². The van der Waals surface area contributed by atoms with Crippen LogP contribution in [0.1, 0.15) is 38.7 Å². The Balaban J connectivity index is 1.79. The molecule has 7 heteroatoms. The molecular weight excluding hydrogens is 434 g/mol. The van der Waals surface area contributed by atoms with Gasteiger partial charge in [0.2, 0.25) is 0 Å². The summed E-state index contributed by atoms with van der Waals surface area (Å²) >= 11 is 0. The van der Waals surface area contributed by atoms with Crippen LogP contribution in [-0.2, 0) is 20.9 Å². The zero-order valence-corrected chi connectivity index (χ0v) is 18.7. The molecule has 172 valence electrons. The van der Waals surface area contributed by atoms with E-state index in [9.17, 15) is 24.6 Å². The van der Waals surface area contributed by atoms with Gasteiger partial charge in [-0.05, 0) is 42.3 Å². The van der Waals surface area contributed by atoms with Crippen molar-refractivity contribution in [3.63, 3.8) is 0 Å². The third kappa shape index (κ3) is 4.28. The standard InChI is InChI=1S/C27H23NO6/c1-16-6-10-18(11-7-16)24(30)22-23(20-4-3-5-21(29)14-20)28(26(32)25(22)31)15-17-8-12-19(13-9-17)27(33)34-2/h3-14,23,29-30H,15H2,1-2H3/b24-22+. The van der Waals surface area contributed by atoms with E-state index in [1.807, 2.05) is 6.92 Å². The van der Waals surface area contributed by atoms with Crippen molar-refractivity contribution in [2.24, 2.45) is 0 Å². The fraction of sp³-hybridized carbons (Fsp3) is 0.148. The second kappa shape index (κ2) is 9.23. The third-order valence-corrected chi connectivity index (χ3v) is 5.78. The molecule has 1 aliphatic heterocycles. The van der Waals surface area contributed by atoms with Crippen LogP contribution in [0.3, 0.4) is 0 Å². The number of hydrogen-bond acceptors (Lipinski definition) is 6. The number of amides is 1. The molecule has 0 radical (unpaired) electrons. The second-order valence-corrected chi connectivity index (χ2v) is 8.08. The number of ketones is 1. The molecule has 4 rings (SSSR count). The van der Waals surface area contributed by atoms with E-state index < -0.39 is 23.7 Å². The molecule has 0 aliphatic carbocycles. The number of methoxy groups -OCH3 is 1. The van der Waals surface area contributed by atoms with Crippen molar-refractivity contribution in [2.45, 2.75) is 19.5 Å². The summed E-state index contributed by atoms with van der Waals surface area (Å²) in [6, 6.07) is 18.8. The molecule has 3 aromatic rings. The van der Waals surface area contributed by atoms with Crippen molar-refractivity contribution < 1.29 is 29.3 Å². The number of aryl methyl sites for hydroxylation is 1. The minimum atomic E-state index is -0.909. The van der Waals surface area contributed by atoms with Gasteiger partial charge in [0.05, 0.1) is 24.3 Å². The number of aromatic hydroxyl groups is 1. The fourth-order valence-electron chi connectivity index (χ4n) is 4.01. The van der Waals surface area contributed by atoms with Gasteiger partial charge in [-0.15, -0.1) is 0 Å². The minimum Gasteiger partial charge on any atom is -0.508 e. The average Bonchev–Trinajstić information content (AvgIpc) is 3.09. The Kier molecular flexibility index (Phi) is 6.19. The molecule has 1 unspecified atom stereocenters. The number of likely N-dealkylation sites (tertiary alicyclic amines) is 1. The Labute approximate surface area is 196 Å². The zero-order valence-electron chi connectivity index (χ0n) is 18.7. The molecule has 0 spiro atoms. The predicted molar refractivity (Wildman–Crippen MR) is 125 cm³/mol. The molecule has 0 bridgehead atoms. The first-order chi connectivity index (χ1) is 16.3. The first-order valence-electron chi connectivity index (χ1n) is 10.6. The number of hydrogen-bond donors (Lipinski definition) is 2. The van der Waals surface area contributed by atoms with Crippen LogP contribution in [0.15, 0.2) is 78.4 Å². The Bertz CT molecular complexity index is 1290. The van der Waals surface area contributed by atoms with Crippen molar-refractivity contribution in [3.05, 3.63) is 106 Å². The Morgan fingerprint density at radius 1 is 0.971 bits per heavy atom. The number of phenols is 1. The maximum atomic E-state index is 13.1. The van der Waals surface area contributed by atoms with Crippen LogP contribution in [0.5, 0.6) is 5.75 Å². The van der Waals surface area contributed by atoms with E-state index in [4.69, 9.17) is 4.74 Å². The van der Waals surface area contributed by atoms with E-state index >= 15 is 0 Å². The smallest absolute Gasteiger partial charge is 0.337 e. The number of benzene rings is 3. The lowest BCUT2D eigenvalue weighted by atomic mass is 9.94. The topological polar surface area (TPSA) is 104 Å². The Hall–Kier alpha value is -4.39. The Morgan fingerprint density at radius 3 is 2.24 bits per heavy atom. The van der Waals surface area contributed by atoms with Crippen LogP contribution in [0.25, 0.3) is 5.76 Å². The average molecular weight is 457 g/mol. The summed E-state index contributed by atoms with van der Waals surface area (Å²) in [5.74, 6) is -2.36. The Morgan fingerprint density at radius 2 is 1.62 bits per heavy atom. The van der Waals surface area contributed by atoms with Crippen molar-refractivity contribution >= 4 is 23.4 Å². The number of carbonyl (C=O) groups is 3. The fourth-order valence-corrected chi connectivity index (χ4v) is 4.01. The van der Waals surface area contributed by atoms with Gasteiger partial charge in [0, 0.05) is 12.1 Å². The SMILES string of the molecule is COC(=O)c1ccc(CN2C(=O)C(=O)/C(=C(/O)c3ccc(C)cc3)C2c2cccc(O)c2)cc1. The number of esters is 1. The van der Waals surface area contributed by atoms with E-state index in [0.717, 1.165) is 5.56 Å². The lowest BCUT2D eigenvalue weighted by Gasteiger charge is -2.25. The quantitative estimate of drug-likeness (QED) is 0.259. The van der Waals surface area contributed by atoms with Gasteiger partial charge in [0.1, 0.15) is 11.5 Å². The lowest BCUT2D eigenvalue weighted by molar-refractivity contribution is -0.140. The number of nitrogens with zero attached hydrogens (tertiary/aromatic N) is 1. The number of rotatable bonds is 5. The molecule has 1 saturated heterocycles. The highest BCUT2D eigenvalue weighted by Crippen LogP contribution is 2.41. The van der Waals surface area contributed by atoms with Gasteiger partial charge in [0.15, 0.2) is 0 Å². The van der Waals surface area contributed by atoms with Crippen molar-refractivity contribution in [3.8, 4) is 5.75 Å². The van der Waals surface area contributed by atoms with Gasteiger partial charge in [0.25, 0.3) is 11.7 Å². The highest BCUT2D eigenvalue weighted by atomic mass is 16.5. The molecule has 3 aromatic carbocycles. The largest absolute Gasteiger partial charge is 0.508 e. The summed E-state index contributed by atoms with van der Waals surface area (Å²) in [6.07, 6.45) is 0. The van der Waals surface area contributed by atoms with Crippen LogP contribution in [0.4, 0.5) is 0 Å². The van der Waals surface area contributed by atoms with Crippen LogP contribution in [0.2, 0.25) is 0 Å². The highest BCUT2D eigenvalue weighted by molar-refractivity contribution is 6.46. The minimum absolute atomic E-state index is 0.0270. The van der Waals surface area contributed by atoms with E-state index in [-0.39, 0.29) is 23.6 Å². The van der Waals surface area contributed by atoms with Gasteiger partial charge in [-0.1, -0.05) is 54.1 Å². The zero-order chi connectivity index (χ0) is 24.4. The van der Waals surface area contributed by atoms with Crippen LogP contribution in [-0.4, -0.2) is 39.9 Å². The molecule has 1 amide bonds. The highest BCUT2D eigenvalue weighted by Gasteiger charge is 2.46. The van der Waals surface area contributed by atoms with Crippen molar-refractivity contribution in [2.75, 3.05) is 7.11 Å². The van der Waals surface area contributed by atoms with Crippen LogP contribution in [0, 0.1) is 6.92 Å². The molecule has 1 heterocycles. The first kappa shape index (κ1) is 22.8. The molecular formula is C27H23NO6. The van der Waals surface area contributed by atoms with Crippen molar-refractivity contribution in [1.82, 2.24) is 4.90 Å². The maximum absolute atomic E-state index is 13.1.